The van der Waals surface area contributed by atoms with E-state index in [1.165, 1.54) is 0 Å². The second-order valence-corrected chi connectivity index (χ2v) is 3.75. The Bertz CT molecular complexity index is 781. The van der Waals surface area contributed by atoms with Crippen molar-refractivity contribution in [3.05, 3.63) is 44.0 Å². The van der Waals surface area contributed by atoms with Crippen LogP contribution in [0.15, 0.2) is 16.9 Å². The van der Waals surface area contributed by atoms with Gasteiger partial charge in [0, 0.05) is 0 Å². The van der Waals surface area contributed by atoms with Gasteiger partial charge in [0.25, 0.3) is 0 Å². The van der Waals surface area contributed by atoms with Crippen LogP contribution in [0, 0.1) is 15.9 Å². The normalized spacial score (nSPS) is 11.8. The van der Waals surface area contributed by atoms with E-state index in [1.807, 2.05) is 0 Å². The summed E-state index contributed by atoms with van der Waals surface area (Å²) in [5.74, 6) is -3.25. The molecule has 0 amide bonds. The number of H-pyrrole nitrogens is 1. The smallest absolute Gasteiger partial charge is 0.420 e. The highest BCUT2D eigenvalue weighted by Crippen LogP contribution is 2.41. The molecular formula is C10H4F4N2O4. The van der Waals surface area contributed by atoms with Crippen LogP contribution in [0.5, 0.6) is 5.75 Å². The molecule has 0 aliphatic heterocycles. The highest BCUT2D eigenvalue weighted by molar-refractivity contribution is 5.91. The summed E-state index contributed by atoms with van der Waals surface area (Å²) in [5, 5.41) is 19.0. The van der Waals surface area contributed by atoms with E-state index in [0.717, 1.165) is 6.07 Å². The summed E-state index contributed by atoms with van der Waals surface area (Å²) in [4.78, 5) is 22.3. The first-order valence-corrected chi connectivity index (χ1v) is 4.93. The first kappa shape index (κ1) is 13.8. The molecule has 1 aromatic heterocycles. The minimum Gasteiger partial charge on any atom is -0.501 e. The number of hydrogen-bond donors (Lipinski definition) is 2. The minimum absolute atomic E-state index is 0.437. The van der Waals surface area contributed by atoms with E-state index in [-0.39, 0.29) is 0 Å². The summed E-state index contributed by atoms with van der Waals surface area (Å²) in [6, 6.07) is 1.21. The average Bonchev–Trinajstić information content (AvgIpc) is 2.27. The molecule has 0 spiro atoms. The van der Waals surface area contributed by atoms with Crippen LogP contribution >= 0.6 is 0 Å². The van der Waals surface area contributed by atoms with Gasteiger partial charge in [-0.3, -0.25) is 14.9 Å². The molecule has 2 N–H and O–H groups in total. The van der Waals surface area contributed by atoms with Gasteiger partial charge in [-0.1, -0.05) is 0 Å². The lowest BCUT2D eigenvalue weighted by molar-refractivity contribution is -0.387. The van der Waals surface area contributed by atoms with Crippen LogP contribution in [-0.2, 0) is 6.18 Å². The summed E-state index contributed by atoms with van der Waals surface area (Å²) in [6.45, 7) is 0. The van der Waals surface area contributed by atoms with E-state index >= 15 is 0 Å². The van der Waals surface area contributed by atoms with Crippen LogP contribution in [-0.4, -0.2) is 15.0 Å². The van der Waals surface area contributed by atoms with Crippen molar-refractivity contribution in [2.45, 2.75) is 6.18 Å². The fraction of sp³-hybridized carbons (Fsp3) is 0.100. The van der Waals surface area contributed by atoms with Crippen molar-refractivity contribution in [1.29, 1.82) is 0 Å². The van der Waals surface area contributed by atoms with Crippen LogP contribution in [0.25, 0.3) is 10.9 Å². The van der Waals surface area contributed by atoms with Crippen LogP contribution in [0.3, 0.4) is 0 Å². The number of nitrogens with zero attached hydrogens (tertiary/aromatic N) is 1. The largest absolute Gasteiger partial charge is 0.501 e. The molecule has 0 saturated heterocycles. The van der Waals surface area contributed by atoms with Gasteiger partial charge in [-0.15, -0.1) is 0 Å². The third kappa shape index (κ3) is 1.94. The zero-order chi connectivity index (χ0) is 15.2. The molecule has 0 saturated carbocycles. The quantitative estimate of drug-likeness (QED) is 0.479. The molecule has 2 aromatic rings. The molecule has 1 heterocycles. The number of hydrogen-bond acceptors (Lipinski definition) is 4. The molecule has 1 aromatic carbocycles. The van der Waals surface area contributed by atoms with E-state index in [4.69, 9.17) is 0 Å². The Labute approximate surface area is 106 Å². The maximum atomic E-state index is 13.3. The van der Waals surface area contributed by atoms with Crippen molar-refractivity contribution in [2.75, 3.05) is 0 Å². The molecule has 0 aliphatic rings. The summed E-state index contributed by atoms with van der Waals surface area (Å²) in [6.07, 6.45) is -5.20. The third-order valence-electron chi connectivity index (χ3n) is 2.54. The average molecular weight is 292 g/mol. The monoisotopic (exact) mass is 292 g/mol. The molecule has 0 aliphatic carbocycles. The van der Waals surface area contributed by atoms with E-state index in [0.29, 0.717) is 6.07 Å². The first-order chi connectivity index (χ1) is 9.14. The Morgan fingerprint density at radius 2 is 1.90 bits per heavy atom. The second kappa shape index (κ2) is 4.18. The number of alkyl halides is 3. The Balaban J connectivity index is 3.09. The predicted octanol–water partition coefficient (Wildman–Crippen LogP) is 2.30. The lowest BCUT2D eigenvalue weighted by Gasteiger charge is -2.12. The number of aromatic hydroxyl groups is 1. The van der Waals surface area contributed by atoms with E-state index in [2.05, 4.69) is 0 Å². The Morgan fingerprint density at radius 1 is 1.30 bits per heavy atom. The molecule has 0 fully saturated rings. The summed E-state index contributed by atoms with van der Waals surface area (Å²) in [5.41, 5.74) is -5.31. The van der Waals surface area contributed by atoms with Gasteiger partial charge >= 0.3 is 17.4 Å². The van der Waals surface area contributed by atoms with Gasteiger partial charge < -0.3 is 10.1 Å². The lowest BCUT2D eigenvalue weighted by Crippen LogP contribution is -2.15. The SMILES string of the molecule is O=c1[nH]c2ccc(F)c(C(F)(F)F)c2c(O)c1[N+](=O)[O-]. The Kier molecular flexibility index (Phi) is 2.88. The Morgan fingerprint density at radius 3 is 2.40 bits per heavy atom. The van der Waals surface area contributed by atoms with E-state index < -0.39 is 50.4 Å². The van der Waals surface area contributed by atoms with Gasteiger partial charge in [-0.05, 0) is 12.1 Å². The number of benzene rings is 1. The maximum Gasteiger partial charge on any atom is 0.420 e. The minimum atomic E-state index is -5.20. The Hall–Kier alpha value is -2.65. The standard InChI is InChI=1S/C10H4F4N2O4/c11-3-1-2-4-5(6(3)10(12,13)14)8(17)7(16(19)20)9(18)15-4/h1-2H,(H2,15,17,18). The summed E-state index contributed by atoms with van der Waals surface area (Å²) >= 11 is 0. The third-order valence-corrected chi connectivity index (χ3v) is 2.54. The van der Waals surface area contributed by atoms with Gasteiger partial charge in [0.15, 0.2) is 0 Å². The van der Waals surface area contributed by atoms with Crippen LogP contribution in [0.2, 0.25) is 0 Å². The number of rotatable bonds is 1. The number of aromatic amines is 1. The van der Waals surface area contributed by atoms with Gasteiger partial charge in [0.1, 0.15) is 11.4 Å². The number of halogens is 4. The van der Waals surface area contributed by atoms with Crippen molar-refractivity contribution in [2.24, 2.45) is 0 Å². The highest BCUT2D eigenvalue weighted by Gasteiger charge is 2.39. The van der Waals surface area contributed by atoms with E-state index in [9.17, 15) is 37.6 Å². The molecule has 20 heavy (non-hydrogen) atoms. The molecule has 106 valence electrons. The maximum absolute atomic E-state index is 13.3. The molecule has 0 unspecified atom stereocenters. The number of nitrogens with one attached hydrogen (secondary N) is 1. The fourth-order valence-electron chi connectivity index (χ4n) is 1.78. The molecule has 0 radical (unpaired) electrons. The van der Waals surface area contributed by atoms with Gasteiger partial charge in [0.2, 0.25) is 5.75 Å². The number of aromatic nitrogens is 1. The van der Waals surface area contributed by atoms with Gasteiger partial charge in [-0.2, -0.15) is 13.2 Å². The van der Waals surface area contributed by atoms with Crippen LogP contribution in [0.4, 0.5) is 23.2 Å². The van der Waals surface area contributed by atoms with Crippen molar-refractivity contribution >= 4 is 16.6 Å². The van der Waals surface area contributed by atoms with Crippen molar-refractivity contribution in [1.82, 2.24) is 4.98 Å². The van der Waals surface area contributed by atoms with Crippen molar-refractivity contribution < 1.29 is 27.6 Å². The zero-order valence-corrected chi connectivity index (χ0v) is 9.29. The number of pyridine rings is 1. The predicted molar refractivity (Wildman–Crippen MR) is 57.8 cm³/mol. The van der Waals surface area contributed by atoms with Gasteiger partial charge in [0.05, 0.1) is 15.8 Å². The number of fused-ring (bicyclic) bond motifs is 1. The number of nitro groups is 1. The lowest BCUT2D eigenvalue weighted by atomic mass is 10.1. The van der Waals surface area contributed by atoms with Crippen LogP contribution in [0.1, 0.15) is 5.56 Å². The summed E-state index contributed by atoms with van der Waals surface area (Å²) < 4.78 is 51.7. The molecule has 0 atom stereocenters. The molecular weight excluding hydrogens is 288 g/mol. The topological polar surface area (TPSA) is 96.2 Å². The molecule has 6 nitrogen and oxygen atoms in total. The van der Waals surface area contributed by atoms with E-state index in [1.54, 1.807) is 4.98 Å². The fourth-order valence-corrected chi connectivity index (χ4v) is 1.78. The van der Waals surface area contributed by atoms with Crippen LogP contribution < -0.4 is 5.56 Å². The second-order valence-electron chi connectivity index (χ2n) is 3.75. The van der Waals surface area contributed by atoms with Crippen molar-refractivity contribution in [3.8, 4) is 5.75 Å². The zero-order valence-electron chi connectivity index (χ0n) is 9.29. The van der Waals surface area contributed by atoms with Crippen molar-refractivity contribution in [3.63, 3.8) is 0 Å². The highest BCUT2D eigenvalue weighted by atomic mass is 19.4. The molecule has 2 rings (SSSR count). The van der Waals surface area contributed by atoms with Gasteiger partial charge in [-0.25, -0.2) is 4.39 Å². The summed E-state index contributed by atoms with van der Waals surface area (Å²) in [7, 11) is 0. The molecule has 0 bridgehead atoms. The first-order valence-electron chi connectivity index (χ1n) is 4.93. The molecule has 10 heteroatoms.